The third-order valence-corrected chi connectivity index (χ3v) is 3.85. The van der Waals surface area contributed by atoms with Crippen molar-refractivity contribution in [3.8, 4) is 5.88 Å². The number of aromatic nitrogens is 1. The van der Waals surface area contributed by atoms with Gasteiger partial charge in [-0.05, 0) is 44.2 Å². The van der Waals surface area contributed by atoms with Crippen LogP contribution in [0.25, 0.3) is 0 Å². The number of nitrogens with one attached hydrogen (secondary N) is 1. The van der Waals surface area contributed by atoms with Crippen molar-refractivity contribution in [2.75, 3.05) is 13.2 Å². The zero-order chi connectivity index (χ0) is 13.5. The van der Waals surface area contributed by atoms with E-state index in [0.717, 1.165) is 43.6 Å². The zero-order valence-electron chi connectivity index (χ0n) is 12.2. The van der Waals surface area contributed by atoms with Crippen LogP contribution >= 0.6 is 0 Å². The maximum Gasteiger partial charge on any atom is 0.213 e. The molecule has 0 radical (unpaired) electrons. The molecule has 0 bridgehead atoms. The van der Waals surface area contributed by atoms with E-state index in [0.29, 0.717) is 0 Å². The van der Waals surface area contributed by atoms with Gasteiger partial charge >= 0.3 is 0 Å². The summed E-state index contributed by atoms with van der Waals surface area (Å²) in [5.41, 5.74) is 2.34. The standard InChI is InChI=1S/C16H26N2O/c1-3-10-17-11-15-8-9-16(18-13(15)2)19-12-14-6-4-5-7-14/h8-9,14,17H,3-7,10-12H2,1-2H3. The Labute approximate surface area is 116 Å². The molecule has 1 aromatic heterocycles. The first-order chi connectivity index (χ1) is 9.29. The lowest BCUT2D eigenvalue weighted by molar-refractivity contribution is 0.243. The summed E-state index contributed by atoms with van der Waals surface area (Å²) in [5, 5.41) is 3.41. The van der Waals surface area contributed by atoms with Gasteiger partial charge in [-0.1, -0.05) is 25.8 Å². The Morgan fingerprint density at radius 1 is 1.32 bits per heavy atom. The van der Waals surface area contributed by atoms with E-state index in [1.807, 2.05) is 6.07 Å². The lowest BCUT2D eigenvalue weighted by atomic mass is 10.1. The van der Waals surface area contributed by atoms with E-state index >= 15 is 0 Å². The van der Waals surface area contributed by atoms with Gasteiger partial charge in [0.25, 0.3) is 0 Å². The number of nitrogens with zero attached hydrogens (tertiary/aromatic N) is 1. The Bertz CT molecular complexity index is 386. The Morgan fingerprint density at radius 2 is 2.11 bits per heavy atom. The third-order valence-electron chi connectivity index (χ3n) is 3.85. The summed E-state index contributed by atoms with van der Waals surface area (Å²) in [7, 11) is 0. The molecule has 1 aromatic rings. The van der Waals surface area contributed by atoms with Gasteiger partial charge in [-0.15, -0.1) is 0 Å². The van der Waals surface area contributed by atoms with Crippen molar-refractivity contribution >= 4 is 0 Å². The highest BCUT2D eigenvalue weighted by atomic mass is 16.5. The van der Waals surface area contributed by atoms with E-state index in [-0.39, 0.29) is 0 Å². The van der Waals surface area contributed by atoms with Gasteiger partial charge in [-0.2, -0.15) is 0 Å². The van der Waals surface area contributed by atoms with Crippen LogP contribution in [0.2, 0.25) is 0 Å². The third kappa shape index (κ3) is 4.50. The molecule has 3 heteroatoms. The van der Waals surface area contributed by atoms with Gasteiger partial charge in [0.2, 0.25) is 5.88 Å². The number of aryl methyl sites for hydroxylation is 1. The van der Waals surface area contributed by atoms with Crippen LogP contribution in [0.3, 0.4) is 0 Å². The summed E-state index contributed by atoms with van der Waals surface area (Å²) >= 11 is 0. The van der Waals surface area contributed by atoms with Crippen molar-refractivity contribution in [3.05, 3.63) is 23.4 Å². The molecule has 0 atom stereocenters. The summed E-state index contributed by atoms with van der Waals surface area (Å²) in [6.45, 7) is 7.03. The molecule has 106 valence electrons. The molecule has 0 amide bonds. The molecule has 0 aromatic carbocycles. The quantitative estimate of drug-likeness (QED) is 0.764. The van der Waals surface area contributed by atoms with E-state index in [9.17, 15) is 0 Å². The molecule has 1 saturated carbocycles. The fourth-order valence-corrected chi connectivity index (χ4v) is 2.61. The molecular formula is C16H26N2O. The van der Waals surface area contributed by atoms with Gasteiger partial charge in [0.05, 0.1) is 6.61 Å². The molecule has 0 aliphatic heterocycles. The lowest BCUT2D eigenvalue weighted by Gasteiger charge is -2.12. The van der Waals surface area contributed by atoms with Gasteiger partial charge < -0.3 is 10.1 Å². The minimum atomic E-state index is 0.744. The molecule has 2 rings (SSSR count). The fourth-order valence-electron chi connectivity index (χ4n) is 2.61. The normalized spacial score (nSPS) is 15.9. The minimum Gasteiger partial charge on any atom is -0.477 e. The highest BCUT2D eigenvalue weighted by molar-refractivity contribution is 5.24. The van der Waals surface area contributed by atoms with Gasteiger partial charge in [-0.3, -0.25) is 0 Å². The highest BCUT2D eigenvalue weighted by Gasteiger charge is 2.15. The Hall–Kier alpha value is -1.09. The molecule has 0 saturated heterocycles. The van der Waals surface area contributed by atoms with Gasteiger partial charge in [0, 0.05) is 18.3 Å². The topological polar surface area (TPSA) is 34.1 Å². The van der Waals surface area contributed by atoms with Crippen LogP contribution in [-0.2, 0) is 6.54 Å². The molecule has 3 nitrogen and oxygen atoms in total. The van der Waals surface area contributed by atoms with Crippen LogP contribution in [0.4, 0.5) is 0 Å². The second kappa shape index (κ2) is 7.49. The van der Waals surface area contributed by atoms with Crippen LogP contribution in [0.1, 0.15) is 50.3 Å². The first kappa shape index (κ1) is 14.3. The lowest BCUT2D eigenvalue weighted by Crippen LogP contribution is -2.15. The highest BCUT2D eigenvalue weighted by Crippen LogP contribution is 2.25. The maximum absolute atomic E-state index is 5.82. The minimum absolute atomic E-state index is 0.744. The van der Waals surface area contributed by atoms with Crippen LogP contribution in [-0.4, -0.2) is 18.1 Å². The molecule has 1 N–H and O–H groups in total. The Balaban J connectivity index is 1.83. The monoisotopic (exact) mass is 262 g/mol. The van der Waals surface area contributed by atoms with E-state index in [1.165, 1.54) is 31.2 Å². The molecule has 1 aliphatic carbocycles. The number of rotatable bonds is 7. The smallest absolute Gasteiger partial charge is 0.213 e. The molecule has 1 fully saturated rings. The molecule has 0 spiro atoms. The van der Waals surface area contributed by atoms with E-state index in [2.05, 4.69) is 30.2 Å². The number of pyridine rings is 1. The van der Waals surface area contributed by atoms with Crippen molar-refractivity contribution in [1.29, 1.82) is 0 Å². The molecule has 0 unspecified atom stereocenters. The van der Waals surface area contributed by atoms with Crippen molar-refractivity contribution in [2.24, 2.45) is 5.92 Å². The van der Waals surface area contributed by atoms with Crippen LogP contribution < -0.4 is 10.1 Å². The molecule has 1 heterocycles. The van der Waals surface area contributed by atoms with Crippen molar-refractivity contribution < 1.29 is 4.74 Å². The first-order valence-electron chi connectivity index (χ1n) is 7.59. The second-order valence-corrected chi connectivity index (χ2v) is 5.53. The van der Waals surface area contributed by atoms with Gasteiger partial charge in [-0.25, -0.2) is 4.98 Å². The van der Waals surface area contributed by atoms with Crippen LogP contribution in [0.15, 0.2) is 12.1 Å². The fraction of sp³-hybridized carbons (Fsp3) is 0.688. The number of ether oxygens (including phenoxy) is 1. The predicted molar refractivity (Wildman–Crippen MR) is 78.4 cm³/mol. The second-order valence-electron chi connectivity index (χ2n) is 5.53. The SMILES string of the molecule is CCCNCc1ccc(OCC2CCCC2)nc1C. The zero-order valence-corrected chi connectivity index (χ0v) is 12.2. The summed E-state index contributed by atoms with van der Waals surface area (Å²) in [6.07, 6.45) is 6.52. The Kier molecular flexibility index (Phi) is 5.64. The van der Waals surface area contributed by atoms with Gasteiger partial charge in [0.15, 0.2) is 0 Å². The first-order valence-corrected chi connectivity index (χ1v) is 7.59. The summed E-state index contributed by atoms with van der Waals surface area (Å²) < 4.78 is 5.82. The van der Waals surface area contributed by atoms with Crippen molar-refractivity contribution in [2.45, 2.75) is 52.5 Å². The van der Waals surface area contributed by atoms with E-state index in [1.54, 1.807) is 0 Å². The maximum atomic E-state index is 5.82. The predicted octanol–water partition coefficient (Wildman–Crippen LogP) is 3.46. The van der Waals surface area contributed by atoms with E-state index < -0.39 is 0 Å². The summed E-state index contributed by atoms with van der Waals surface area (Å²) in [5.74, 6) is 1.52. The summed E-state index contributed by atoms with van der Waals surface area (Å²) in [6, 6.07) is 4.14. The average Bonchev–Trinajstić information content (AvgIpc) is 2.92. The molecule has 19 heavy (non-hydrogen) atoms. The van der Waals surface area contributed by atoms with Crippen molar-refractivity contribution in [3.63, 3.8) is 0 Å². The summed E-state index contributed by atoms with van der Waals surface area (Å²) in [4.78, 5) is 4.55. The number of hydrogen-bond donors (Lipinski definition) is 1. The van der Waals surface area contributed by atoms with E-state index in [4.69, 9.17) is 4.74 Å². The van der Waals surface area contributed by atoms with Gasteiger partial charge in [0.1, 0.15) is 0 Å². The number of hydrogen-bond acceptors (Lipinski definition) is 3. The largest absolute Gasteiger partial charge is 0.477 e. The average molecular weight is 262 g/mol. The Morgan fingerprint density at radius 3 is 2.79 bits per heavy atom. The van der Waals surface area contributed by atoms with Crippen LogP contribution in [0, 0.1) is 12.8 Å². The molecular weight excluding hydrogens is 236 g/mol. The van der Waals surface area contributed by atoms with Crippen LogP contribution in [0.5, 0.6) is 5.88 Å². The molecule has 1 aliphatic rings. The van der Waals surface area contributed by atoms with Crippen molar-refractivity contribution in [1.82, 2.24) is 10.3 Å².